The largest absolute Gasteiger partial charge is 0.342 e. The van der Waals surface area contributed by atoms with Gasteiger partial charge >= 0.3 is 0 Å². The van der Waals surface area contributed by atoms with Crippen molar-refractivity contribution in [1.82, 2.24) is 24.2 Å². The van der Waals surface area contributed by atoms with E-state index in [1.165, 1.54) is 35.7 Å². The van der Waals surface area contributed by atoms with Crippen LogP contribution in [-0.2, 0) is 17.8 Å². The van der Waals surface area contributed by atoms with Crippen molar-refractivity contribution in [3.63, 3.8) is 0 Å². The molecule has 34 heavy (non-hydrogen) atoms. The van der Waals surface area contributed by atoms with E-state index in [9.17, 15) is 9.59 Å². The lowest BCUT2D eigenvalue weighted by atomic mass is 9.94. The second kappa shape index (κ2) is 9.94. The first kappa shape index (κ1) is 23.1. The number of para-hydroxylation sites is 1. The summed E-state index contributed by atoms with van der Waals surface area (Å²) in [4.78, 5) is 33.5. The molecule has 7 nitrogen and oxygen atoms in total. The van der Waals surface area contributed by atoms with Crippen molar-refractivity contribution in [2.24, 2.45) is 0 Å². The second-order valence-corrected chi connectivity index (χ2v) is 10.9. The van der Waals surface area contributed by atoms with Crippen LogP contribution in [0.5, 0.6) is 0 Å². The molecule has 0 saturated heterocycles. The number of hydrogen-bond donors (Lipinski definition) is 0. The average molecular weight is 480 g/mol. The maximum Gasteiger partial charge on any atom is 0.284 e. The van der Waals surface area contributed by atoms with Gasteiger partial charge in [-0.1, -0.05) is 55.6 Å². The molecule has 1 fully saturated rings. The molecule has 0 spiro atoms. The van der Waals surface area contributed by atoms with Crippen molar-refractivity contribution < 1.29 is 4.79 Å². The fraction of sp³-hybridized carbons (Fsp3) is 0.538. The van der Waals surface area contributed by atoms with Gasteiger partial charge in [-0.2, -0.15) is 4.68 Å². The van der Waals surface area contributed by atoms with Gasteiger partial charge in [-0.3, -0.25) is 9.59 Å². The standard InChI is InChI=1S/C26H33N5O2S/c1-18(24(32)29(2)19-12-6-3-7-13-19)34-26-27-23-22(21-16-10-5-11-17-30(21)26)25(33)31(28-23)20-14-8-4-9-15-20/h4,8-9,14-15,18-19H,3,5-7,10-13,16-17H2,1-2H3. The van der Waals surface area contributed by atoms with Crippen molar-refractivity contribution in [3.8, 4) is 17.1 Å². The van der Waals surface area contributed by atoms with E-state index in [0.29, 0.717) is 17.4 Å². The van der Waals surface area contributed by atoms with Crippen molar-refractivity contribution >= 4 is 17.7 Å². The van der Waals surface area contributed by atoms with E-state index in [2.05, 4.69) is 9.67 Å². The first-order valence-corrected chi connectivity index (χ1v) is 13.4. The molecule has 1 unspecified atom stereocenters. The minimum atomic E-state index is -0.250. The molecule has 0 bridgehead atoms. The summed E-state index contributed by atoms with van der Waals surface area (Å²) in [6.07, 6.45) is 9.89. The van der Waals surface area contributed by atoms with Gasteiger partial charge in [0, 0.05) is 25.3 Å². The van der Waals surface area contributed by atoms with Gasteiger partial charge in [0.2, 0.25) is 5.91 Å². The average Bonchev–Trinajstić information content (AvgIpc) is 3.03. The number of amides is 1. The third-order valence-electron chi connectivity index (χ3n) is 7.27. The van der Waals surface area contributed by atoms with Crippen molar-refractivity contribution in [2.45, 2.75) is 87.7 Å². The van der Waals surface area contributed by atoms with Gasteiger partial charge in [-0.15, -0.1) is 5.10 Å². The first-order chi connectivity index (χ1) is 16.5. The monoisotopic (exact) mass is 479 g/mol. The Hall–Kier alpha value is -2.61. The molecule has 3 heterocycles. The Balaban J connectivity index is 1.51. The molecular weight excluding hydrogens is 446 g/mol. The Labute approximate surface area is 204 Å². The predicted molar refractivity (Wildman–Crippen MR) is 135 cm³/mol. The van der Waals surface area contributed by atoms with Crippen LogP contribution in [0, 0.1) is 0 Å². The lowest BCUT2D eigenvalue weighted by Gasteiger charge is -2.33. The quantitative estimate of drug-likeness (QED) is 0.397. The summed E-state index contributed by atoms with van der Waals surface area (Å²) in [5, 5.41) is 5.15. The number of carbonyl (C=O) groups excluding carboxylic acids is 1. The molecule has 1 aromatic carbocycles. The summed E-state index contributed by atoms with van der Waals surface area (Å²) in [7, 11) is 1.95. The Morgan fingerprint density at radius 3 is 2.59 bits per heavy atom. The number of rotatable bonds is 5. The number of fused-ring (bicyclic) bond motifs is 3. The third kappa shape index (κ3) is 4.40. The van der Waals surface area contributed by atoms with Crippen molar-refractivity contribution in [2.75, 3.05) is 7.05 Å². The Bertz CT molecular complexity index is 1180. The zero-order valence-corrected chi connectivity index (χ0v) is 20.9. The van der Waals surface area contributed by atoms with Gasteiger partial charge in [0.15, 0.2) is 11.0 Å². The van der Waals surface area contributed by atoms with Crippen LogP contribution in [0.4, 0.5) is 0 Å². The van der Waals surface area contributed by atoms with Crippen LogP contribution in [0.1, 0.15) is 64.0 Å². The van der Waals surface area contributed by atoms with E-state index in [1.54, 1.807) is 0 Å². The van der Waals surface area contributed by atoms with E-state index in [4.69, 9.17) is 4.98 Å². The fourth-order valence-corrected chi connectivity index (χ4v) is 6.38. The normalized spacial score (nSPS) is 17.8. The van der Waals surface area contributed by atoms with Crippen LogP contribution in [0.3, 0.4) is 0 Å². The number of nitrogens with zero attached hydrogens (tertiary/aromatic N) is 5. The first-order valence-electron chi connectivity index (χ1n) is 12.6. The van der Waals surface area contributed by atoms with Crippen LogP contribution in [0.15, 0.2) is 40.3 Å². The molecule has 5 rings (SSSR count). The van der Waals surface area contributed by atoms with Gasteiger partial charge in [-0.05, 0) is 51.2 Å². The minimum Gasteiger partial charge on any atom is -0.342 e. The molecule has 3 aliphatic heterocycles. The highest BCUT2D eigenvalue weighted by Gasteiger charge is 2.30. The lowest BCUT2D eigenvalue weighted by molar-refractivity contribution is -0.131. The van der Waals surface area contributed by atoms with E-state index in [-0.39, 0.29) is 16.7 Å². The second-order valence-electron chi connectivity index (χ2n) is 9.56. The molecule has 1 atom stereocenters. The summed E-state index contributed by atoms with van der Waals surface area (Å²) in [5.74, 6) is 0.630. The topological polar surface area (TPSA) is 73.0 Å². The molecule has 1 aliphatic carbocycles. The number of thioether (sulfide) groups is 1. The Morgan fingerprint density at radius 1 is 1.09 bits per heavy atom. The molecule has 180 valence electrons. The van der Waals surface area contributed by atoms with Crippen LogP contribution >= 0.6 is 11.8 Å². The van der Waals surface area contributed by atoms with E-state index >= 15 is 0 Å². The Kier molecular flexibility index (Phi) is 6.77. The van der Waals surface area contributed by atoms with Crippen molar-refractivity contribution in [3.05, 3.63) is 46.4 Å². The highest BCUT2D eigenvalue weighted by atomic mass is 32.2. The maximum atomic E-state index is 13.4. The molecule has 0 N–H and O–H groups in total. The summed E-state index contributed by atoms with van der Waals surface area (Å²) >= 11 is 1.50. The van der Waals surface area contributed by atoms with E-state index in [1.807, 2.05) is 49.2 Å². The van der Waals surface area contributed by atoms with Gasteiger partial charge in [0.05, 0.1) is 10.9 Å². The third-order valence-corrected chi connectivity index (χ3v) is 8.35. The summed E-state index contributed by atoms with van der Waals surface area (Å²) in [6, 6.07) is 9.85. The smallest absolute Gasteiger partial charge is 0.284 e. The molecule has 0 radical (unpaired) electrons. The number of hydrogen-bond acceptors (Lipinski definition) is 5. The molecule has 1 amide bonds. The maximum absolute atomic E-state index is 13.4. The summed E-state index contributed by atoms with van der Waals surface area (Å²) in [5.41, 5.74) is 2.26. The SMILES string of the molecule is CC(Sc1nc2nn(-c3ccccc3)c(=O)c-2c2n1CCCCC2)C(=O)N(C)C1CCCCC1. The van der Waals surface area contributed by atoms with Gasteiger partial charge < -0.3 is 9.47 Å². The minimum absolute atomic E-state index is 0.114. The number of carbonyl (C=O) groups is 1. The van der Waals surface area contributed by atoms with Gasteiger partial charge in [0.25, 0.3) is 5.56 Å². The molecule has 1 saturated carbocycles. The summed E-state index contributed by atoms with van der Waals surface area (Å²) in [6.45, 7) is 2.79. The van der Waals surface area contributed by atoms with Crippen LogP contribution < -0.4 is 5.56 Å². The molecular formula is C26H33N5O2S. The number of aromatic nitrogens is 4. The zero-order valence-electron chi connectivity index (χ0n) is 20.1. The van der Waals surface area contributed by atoms with Crippen LogP contribution in [-0.4, -0.2) is 48.5 Å². The summed E-state index contributed by atoms with van der Waals surface area (Å²) < 4.78 is 3.64. The number of benzene rings is 1. The van der Waals surface area contributed by atoms with Gasteiger partial charge in [0.1, 0.15) is 5.56 Å². The zero-order chi connectivity index (χ0) is 23.7. The molecule has 8 heteroatoms. The molecule has 4 aliphatic rings. The lowest BCUT2D eigenvalue weighted by Crippen LogP contribution is -2.42. The van der Waals surface area contributed by atoms with Crippen molar-refractivity contribution in [1.29, 1.82) is 0 Å². The van der Waals surface area contributed by atoms with Crippen LogP contribution in [0.2, 0.25) is 0 Å². The van der Waals surface area contributed by atoms with E-state index in [0.717, 1.165) is 61.6 Å². The van der Waals surface area contributed by atoms with E-state index < -0.39 is 0 Å². The predicted octanol–water partition coefficient (Wildman–Crippen LogP) is 4.53. The highest BCUT2D eigenvalue weighted by Crippen LogP contribution is 2.33. The Morgan fingerprint density at radius 2 is 1.82 bits per heavy atom. The van der Waals surface area contributed by atoms with Gasteiger partial charge in [-0.25, -0.2) is 4.98 Å². The highest BCUT2D eigenvalue weighted by molar-refractivity contribution is 8.00. The fourth-order valence-electron chi connectivity index (χ4n) is 5.33. The molecule has 0 aromatic heterocycles. The van der Waals surface area contributed by atoms with Crippen LogP contribution in [0.25, 0.3) is 17.1 Å². The molecule has 1 aromatic rings.